The average molecular weight is 331 g/mol. The lowest BCUT2D eigenvalue weighted by atomic mass is 9.84. The Morgan fingerprint density at radius 1 is 1.00 bits per heavy atom. The number of nitrogens with zero attached hydrogens (tertiary/aromatic N) is 1. The zero-order chi connectivity index (χ0) is 16.2. The third kappa shape index (κ3) is 13.3. The number of rotatable bonds is 8. The molecule has 0 heterocycles. The van der Waals surface area contributed by atoms with Crippen molar-refractivity contribution in [3.05, 3.63) is 0 Å². The van der Waals surface area contributed by atoms with E-state index in [1.807, 2.05) is 6.92 Å². The molecule has 0 saturated carbocycles. The second-order valence-electron chi connectivity index (χ2n) is 6.67. The Labute approximate surface area is 120 Å². The highest BCUT2D eigenvalue weighted by atomic mass is 31.2. The SMILES string of the molecule is C[C@H](CCN(CP(=O)(O)O)CP(=O)(O)O)CC(C)(C)C. The van der Waals surface area contributed by atoms with Gasteiger partial charge in [-0.2, -0.15) is 0 Å². The maximum atomic E-state index is 11.0. The summed E-state index contributed by atoms with van der Waals surface area (Å²) < 4.78 is 22.0. The van der Waals surface area contributed by atoms with Gasteiger partial charge < -0.3 is 19.6 Å². The van der Waals surface area contributed by atoms with E-state index in [2.05, 4.69) is 20.8 Å². The van der Waals surface area contributed by atoms with Gasteiger partial charge in [0.1, 0.15) is 12.6 Å². The number of hydrogen-bond donors (Lipinski definition) is 4. The van der Waals surface area contributed by atoms with Gasteiger partial charge in [-0.15, -0.1) is 0 Å². The molecule has 0 aromatic rings. The molecular weight excluding hydrogens is 304 g/mol. The monoisotopic (exact) mass is 331 g/mol. The minimum absolute atomic E-state index is 0.150. The molecule has 0 aliphatic carbocycles. The predicted octanol–water partition coefficient (Wildman–Crippen LogP) is 2.02. The third-order valence-corrected chi connectivity index (χ3v) is 4.20. The Morgan fingerprint density at radius 2 is 1.40 bits per heavy atom. The van der Waals surface area contributed by atoms with Crippen LogP contribution in [-0.2, 0) is 9.13 Å². The first-order chi connectivity index (χ1) is 8.68. The fourth-order valence-electron chi connectivity index (χ4n) is 2.26. The van der Waals surface area contributed by atoms with Crippen LogP contribution in [0.4, 0.5) is 0 Å². The molecule has 0 rings (SSSR count). The van der Waals surface area contributed by atoms with E-state index < -0.39 is 27.8 Å². The van der Waals surface area contributed by atoms with Gasteiger partial charge in [-0.3, -0.25) is 14.0 Å². The number of hydrogen-bond acceptors (Lipinski definition) is 3. The topological polar surface area (TPSA) is 118 Å². The van der Waals surface area contributed by atoms with Crippen LogP contribution in [0.3, 0.4) is 0 Å². The zero-order valence-electron chi connectivity index (χ0n) is 12.6. The summed E-state index contributed by atoms with van der Waals surface area (Å²) >= 11 is 0. The molecule has 7 nitrogen and oxygen atoms in total. The molecule has 0 bridgehead atoms. The molecule has 9 heteroatoms. The summed E-state index contributed by atoms with van der Waals surface area (Å²) in [4.78, 5) is 37.0. The van der Waals surface area contributed by atoms with Gasteiger partial charge in [0.25, 0.3) is 0 Å². The lowest BCUT2D eigenvalue weighted by Gasteiger charge is -2.27. The molecule has 0 aromatic heterocycles. The summed E-state index contributed by atoms with van der Waals surface area (Å²) in [6, 6.07) is 0. The van der Waals surface area contributed by atoms with Gasteiger partial charge in [0.2, 0.25) is 0 Å². The molecule has 0 unspecified atom stereocenters. The molecule has 0 aliphatic rings. The lowest BCUT2D eigenvalue weighted by molar-refractivity contribution is 0.240. The van der Waals surface area contributed by atoms with Crippen molar-refractivity contribution < 1.29 is 28.7 Å². The van der Waals surface area contributed by atoms with E-state index in [4.69, 9.17) is 19.6 Å². The molecule has 0 fully saturated rings. The predicted molar refractivity (Wildman–Crippen MR) is 78.4 cm³/mol. The molecule has 20 heavy (non-hydrogen) atoms. The third-order valence-electron chi connectivity index (χ3n) is 2.67. The van der Waals surface area contributed by atoms with Crippen LogP contribution >= 0.6 is 15.2 Å². The van der Waals surface area contributed by atoms with Crippen molar-refractivity contribution >= 4 is 15.2 Å². The van der Waals surface area contributed by atoms with Crippen molar-refractivity contribution in [3.8, 4) is 0 Å². The van der Waals surface area contributed by atoms with Crippen LogP contribution in [0, 0.1) is 11.3 Å². The van der Waals surface area contributed by atoms with Gasteiger partial charge in [0.05, 0.1) is 0 Å². The summed E-state index contributed by atoms with van der Waals surface area (Å²) in [5.41, 5.74) is 0.150. The Balaban J connectivity index is 4.51. The van der Waals surface area contributed by atoms with Crippen molar-refractivity contribution in [1.29, 1.82) is 0 Å². The van der Waals surface area contributed by atoms with Crippen LogP contribution in [-0.4, -0.2) is 43.6 Å². The zero-order valence-corrected chi connectivity index (χ0v) is 14.3. The first-order valence-corrected chi connectivity index (χ1v) is 10.1. The van der Waals surface area contributed by atoms with E-state index in [0.29, 0.717) is 12.3 Å². The van der Waals surface area contributed by atoms with Crippen LogP contribution in [0.2, 0.25) is 0 Å². The standard InChI is InChI=1S/C11H27NO6P2/c1-10(7-11(2,3)4)5-6-12(8-19(13,14)15)9-20(16,17)18/h10H,5-9H2,1-4H3,(H2,13,14,15)(H2,16,17,18)/t10-/m1/s1. The van der Waals surface area contributed by atoms with Crippen LogP contribution in [0.15, 0.2) is 0 Å². The molecule has 0 radical (unpaired) electrons. The molecule has 0 spiro atoms. The van der Waals surface area contributed by atoms with Gasteiger partial charge >= 0.3 is 15.2 Å². The molecule has 0 aliphatic heterocycles. The second-order valence-corrected chi connectivity index (χ2v) is 9.89. The minimum atomic E-state index is -4.33. The quantitative estimate of drug-likeness (QED) is 0.502. The fraction of sp³-hybridized carbons (Fsp3) is 1.00. The summed E-state index contributed by atoms with van der Waals surface area (Å²) in [6.45, 7) is 8.59. The van der Waals surface area contributed by atoms with Gasteiger partial charge in [-0.1, -0.05) is 27.7 Å². The molecule has 1 atom stereocenters. The van der Waals surface area contributed by atoms with E-state index in [-0.39, 0.29) is 12.0 Å². The van der Waals surface area contributed by atoms with Crippen LogP contribution in [0.25, 0.3) is 0 Å². The molecule has 0 saturated heterocycles. The van der Waals surface area contributed by atoms with Crippen molar-refractivity contribution in [2.45, 2.75) is 40.5 Å². The molecule has 0 aromatic carbocycles. The van der Waals surface area contributed by atoms with E-state index in [1.54, 1.807) is 0 Å². The fourth-order valence-corrected chi connectivity index (χ4v) is 3.94. The maximum Gasteiger partial charge on any atom is 0.339 e. The largest absolute Gasteiger partial charge is 0.339 e. The normalized spacial score (nSPS) is 15.7. The Kier molecular flexibility index (Phi) is 7.60. The lowest BCUT2D eigenvalue weighted by Crippen LogP contribution is -2.29. The molecule has 4 N–H and O–H groups in total. The van der Waals surface area contributed by atoms with Gasteiger partial charge in [0, 0.05) is 0 Å². The second kappa shape index (κ2) is 7.50. The highest BCUT2D eigenvalue weighted by molar-refractivity contribution is 7.52. The molecule has 0 amide bonds. The van der Waals surface area contributed by atoms with E-state index >= 15 is 0 Å². The van der Waals surface area contributed by atoms with Crippen molar-refractivity contribution in [3.63, 3.8) is 0 Å². The highest BCUT2D eigenvalue weighted by Gasteiger charge is 2.26. The van der Waals surface area contributed by atoms with Gasteiger partial charge in [-0.05, 0) is 30.7 Å². The van der Waals surface area contributed by atoms with E-state index in [0.717, 1.165) is 11.3 Å². The van der Waals surface area contributed by atoms with Crippen molar-refractivity contribution in [1.82, 2.24) is 4.90 Å². The smallest absolute Gasteiger partial charge is 0.324 e. The summed E-state index contributed by atoms with van der Waals surface area (Å²) in [6.07, 6.45) is 0.324. The summed E-state index contributed by atoms with van der Waals surface area (Å²) in [7, 11) is -8.65. The Hall–Kier alpha value is 0.260. The van der Waals surface area contributed by atoms with Gasteiger partial charge in [0.15, 0.2) is 0 Å². The Bertz CT molecular complexity index is 359. The molecule has 122 valence electrons. The average Bonchev–Trinajstić information content (AvgIpc) is 2.06. The van der Waals surface area contributed by atoms with Crippen LogP contribution in [0.5, 0.6) is 0 Å². The van der Waals surface area contributed by atoms with E-state index in [9.17, 15) is 9.13 Å². The van der Waals surface area contributed by atoms with Crippen molar-refractivity contribution in [2.24, 2.45) is 11.3 Å². The van der Waals surface area contributed by atoms with Crippen molar-refractivity contribution in [2.75, 3.05) is 19.1 Å². The summed E-state index contributed by atoms with van der Waals surface area (Å²) in [5, 5.41) is 0. The minimum Gasteiger partial charge on any atom is -0.324 e. The van der Waals surface area contributed by atoms with Gasteiger partial charge in [-0.25, -0.2) is 0 Å². The molecular formula is C11H27NO6P2. The highest BCUT2D eigenvalue weighted by Crippen LogP contribution is 2.41. The first-order valence-electron chi connectivity index (χ1n) is 6.49. The van der Waals surface area contributed by atoms with Crippen LogP contribution < -0.4 is 0 Å². The van der Waals surface area contributed by atoms with E-state index in [1.165, 1.54) is 0 Å². The maximum absolute atomic E-state index is 11.0. The summed E-state index contributed by atoms with van der Waals surface area (Å²) in [5.74, 6) is 0.311. The first kappa shape index (κ1) is 20.3. The Morgan fingerprint density at radius 3 is 1.70 bits per heavy atom. The van der Waals surface area contributed by atoms with Crippen LogP contribution in [0.1, 0.15) is 40.5 Å².